The van der Waals surface area contributed by atoms with Crippen LogP contribution in [0.1, 0.15) is 20.8 Å². The first-order chi connectivity index (χ1) is 8.93. The standard InChI is InChI=1S/C12H18N4O2S/c1-12(2,3)9(16-18-11(17)13-4)8-19-10-14-6-5-7-15-10/h5-7H,8H2,1-4H3,(H,13,17)/b16-9-. The highest BCUT2D eigenvalue weighted by Gasteiger charge is 2.21. The van der Waals surface area contributed by atoms with Crippen molar-refractivity contribution in [3.63, 3.8) is 0 Å². The van der Waals surface area contributed by atoms with Gasteiger partial charge in [-0.15, -0.1) is 0 Å². The van der Waals surface area contributed by atoms with Gasteiger partial charge in [0.25, 0.3) is 0 Å². The number of oxime groups is 1. The van der Waals surface area contributed by atoms with Crippen LogP contribution in [0.2, 0.25) is 0 Å². The molecule has 1 aromatic rings. The quantitative estimate of drug-likeness (QED) is 0.301. The fraction of sp³-hybridized carbons (Fsp3) is 0.500. The topological polar surface area (TPSA) is 76.5 Å². The first-order valence-corrected chi connectivity index (χ1v) is 6.78. The van der Waals surface area contributed by atoms with Crippen molar-refractivity contribution in [2.24, 2.45) is 10.6 Å². The lowest BCUT2D eigenvalue weighted by Gasteiger charge is -2.19. The molecule has 1 N–H and O–H groups in total. The number of thioether (sulfide) groups is 1. The smallest absolute Gasteiger partial charge is 0.323 e. The van der Waals surface area contributed by atoms with Gasteiger partial charge in [-0.25, -0.2) is 14.8 Å². The van der Waals surface area contributed by atoms with E-state index in [9.17, 15) is 4.79 Å². The molecular formula is C12H18N4O2S. The van der Waals surface area contributed by atoms with Crippen molar-refractivity contribution in [1.82, 2.24) is 15.3 Å². The van der Waals surface area contributed by atoms with Crippen molar-refractivity contribution < 1.29 is 9.63 Å². The lowest BCUT2D eigenvalue weighted by molar-refractivity contribution is 0.152. The molecule has 0 aliphatic rings. The van der Waals surface area contributed by atoms with Gasteiger partial charge in [0, 0.05) is 30.6 Å². The van der Waals surface area contributed by atoms with Crippen LogP contribution in [0.5, 0.6) is 0 Å². The van der Waals surface area contributed by atoms with Gasteiger partial charge < -0.3 is 5.32 Å². The molecule has 1 heterocycles. The second kappa shape index (κ2) is 7.08. The van der Waals surface area contributed by atoms with Crippen LogP contribution in [-0.4, -0.2) is 34.6 Å². The zero-order valence-electron chi connectivity index (χ0n) is 11.5. The lowest BCUT2D eigenvalue weighted by atomic mass is 9.91. The Balaban J connectivity index is 2.68. The van der Waals surface area contributed by atoms with Gasteiger partial charge in [0.15, 0.2) is 5.16 Å². The largest absolute Gasteiger partial charge is 0.433 e. The summed E-state index contributed by atoms with van der Waals surface area (Å²) in [6.07, 6.45) is 2.79. The van der Waals surface area contributed by atoms with Crippen LogP contribution < -0.4 is 5.32 Å². The highest BCUT2D eigenvalue weighted by atomic mass is 32.2. The summed E-state index contributed by atoms with van der Waals surface area (Å²) in [5.41, 5.74) is 0.559. The number of nitrogens with one attached hydrogen (secondary N) is 1. The van der Waals surface area contributed by atoms with Gasteiger partial charge in [-0.2, -0.15) is 0 Å². The van der Waals surface area contributed by atoms with Gasteiger partial charge >= 0.3 is 6.09 Å². The van der Waals surface area contributed by atoms with E-state index >= 15 is 0 Å². The molecule has 1 rings (SSSR count). The highest BCUT2D eigenvalue weighted by molar-refractivity contribution is 7.99. The van der Waals surface area contributed by atoms with Crippen LogP contribution >= 0.6 is 11.8 Å². The molecule has 0 radical (unpaired) electrons. The van der Waals surface area contributed by atoms with Crippen molar-refractivity contribution >= 4 is 23.6 Å². The number of rotatable bonds is 4. The summed E-state index contributed by atoms with van der Waals surface area (Å²) in [6.45, 7) is 6.02. The molecule has 0 unspecified atom stereocenters. The van der Waals surface area contributed by atoms with Crippen LogP contribution in [0.3, 0.4) is 0 Å². The predicted molar refractivity (Wildman–Crippen MR) is 75.2 cm³/mol. The number of carbonyl (C=O) groups excluding carboxylic acids is 1. The predicted octanol–water partition coefficient (Wildman–Crippen LogP) is 2.33. The third kappa shape index (κ3) is 5.69. The average molecular weight is 282 g/mol. The van der Waals surface area contributed by atoms with Gasteiger partial charge in [0.2, 0.25) is 0 Å². The molecule has 0 fully saturated rings. The van der Waals surface area contributed by atoms with Crippen molar-refractivity contribution in [1.29, 1.82) is 0 Å². The van der Waals surface area contributed by atoms with E-state index in [4.69, 9.17) is 4.84 Å². The molecule has 19 heavy (non-hydrogen) atoms. The van der Waals surface area contributed by atoms with E-state index in [2.05, 4.69) is 20.4 Å². The van der Waals surface area contributed by atoms with Gasteiger partial charge in [0.1, 0.15) is 0 Å². The fourth-order valence-electron chi connectivity index (χ4n) is 1.01. The molecule has 0 aromatic carbocycles. The normalized spacial score (nSPS) is 12.1. The Kier molecular flexibility index (Phi) is 5.75. The number of hydrogen-bond acceptors (Lipinski definition) is 6. The molecule has 0 saturated carbocycles. The summed E-state index contributed by atoms with van der Waals surface area (Å²) in [5.74, 6) is 0.560. The maximum Gasteiger partial charge on any atom is 0.433 e. The monoisotopic (exact) mass is 282 g/mol. The minimum Gasteiger partial charge on any atom is -0.323 e. The zero-order chi connectivity index (χ0) is 14.3. The molecule has 0 bridgehead atoms. The molecule has 104 valence electrons. The molecule has 0 saturated heterocycles. The molecule has 0 aliphatic carbocycles. The van der Waals surface area contributed by atoms with E-state index < -0.39 is 6.09 Å². The Bertz CT molecular complexity index is 443. The van der Waals surface area contributed by atoms with Crippen molar-refractivity contribution in [2.75, 3.05) is 12.8 Å². The summed E-state index contributed by atoms with van der Waals surface area (Å²) in [6, 6.07) is 1.76. The van der Waals surface area contributed by atoms with Crippen molar-refractivity contribution in [3.8, 4) is 0 Å². The summed E-state index contributed by atoms with van der Waals surface area (Å²) in [4.78, 5) is 24.0. The molecule has 0 aliphatic heterocycles. The molecule has 6 nitrogen and oxygen atoms in total. The maximum absolute atomic E-state index is 11.0. The number of aromatic nitrogens is 2. The van der Waals surface area contributed by atoms with Crippen LogP contribution in [0.15, 0.2) is 28.8 Å². The van der Waals surface area contributed by atoms with Gasteiger partial charge in [-0.3, -0.25) is 4.84 Å². The molecule has 0 spiro atoms. The van der Waals surface area contributed by atoms with Crippen molar-refractivity contribution in [3.05, 3.63) is 18.5 Å². The molecular weight excluding hydrogens is 264 g/mol. The number of nitrogens with zero attached hydrogens (tertiary/aromatic N) is 3. The first kappa shape index (κ1) is 15.4. The molecule has 1 aromatic heterocycles. The van der Waals surface area contributed by atoms with E-state index in [1.807, 2.05) is 20.8 Å². The first-order valence-electron chi connectivity index (χ1n) is 5.79. The molecule has 1 amide bonds. The van der Waals surface area contributed by atoms with Crippen LogP contribution in [0.4, 0.5) is 4.79 Å². The van der Waals surface area contributed by atoms with Crippen LogP contribution in [0.25, 0.3) is 0 Å². The number of hydrogen-bond donors (Lipinski definition) is 1. The maximum atomic E-state index is 11.0. The Labute approximate surface area is 117 Å². The minimum absolute atomic E-state index is 0.199. The number of carbonyl (C=O) groups is 1. The fourth-order valence-corrected chi connectivity index (χ4v) is 2.04. The Morgan fingerprint density at radius 3 is 2.58 bits per heavy atom. The van der Waals surface area contributed by atoms with E-state index in [1.54, 1.807) is 18.5 Å². The third-order valence-electron chi connectivity index (χ3n) is 2.19. The van der Waals surface area contributed by atoms with E-state index in [-0.39, 0.29) is 5.41 Å². The average Bonchev–Trinajstić information content (AvgIpc) is 2.38. The van der Waals surface area contributed by atoms with Crippen LogP contribution in [0, 0.1) is 5.41 Å². The molecule has 7 heteroatoms. The second-order valence-electron chi connectivity index (χ2n) is 4.74. The number of amides is 1. The second-order valence-corrected chi connectivity index (χ2v) is 5.68. The van der Waals surface area contributed by atoms with E-state index in [1.165, 1.54) is 18.8 Å². The lowest BCUT2D eigenvalue weighted by Crippen LogP contribution is -2.25. The molecule has 0 atom stereocenters. The van der Waals surface area contributed by atoms with Gasteiger partial charge in [-0.05, 0) is 6.07 Å². The van der Waals surface area contributed by atoms with Crippen LogP contribution in [-0.2, 0) is 4.84 Å². The third-order valence-corrected chi connectivity index (χ3v) is 3.08. The summed E-state index contributed by atoms with van der Waals surface area (Å²) >= 11 is 1.45. The summed E-state index contributed by atoms with van der Waals surface area (Å²) < 4.78 is 0. The van der Waals surface area contributed by atoms with Crippen molar-refractivity contribution in [2.45, 2.75) is 25.9 Å². The Morgan fingerprint density at radius 2 is 2.05 bits per heavy atom. The van der Waals surface area contributed by atoms with E-state index in [0.717, 1.165) is 5.71 Å². The summed E-state index contributed by atoms with van der Waals surface area (Å²) in [7, 11) is 1.49. The van der Waals surface area contributed by atoms with Gasteiger partial charge in [0.05, 0.1) is 5.71 Å². The highest BCUT2D eigenvalue weighted by Crippen LogP contribution is 2.22. The summed E-state index contributed by atoms with van der Waals surface area (Å²) in [5, 5.41) is 6.92. The SMILES string of the molecule is CNC(=O)O/N=C(/CSc1ncccn1)C(C)(C)C. The van der Waals surface area contributed by atoms with E-state index in [0.29, 0.717) is 10.9 Å². The van der Waals surface area contributed by atoms with Gasteiger partial charge in [-0.1, -0.05) is 37.7 Å². The zero-order valence-corrected chi connectivity index (χ0v) is 12.3. The minimum atomic E-state index is -0.581. The Morgan fingerprint density at radius 1 is 1.42 bits per heavy atom. The Hall–Kier alpha value is -1.63.